The van der Waals surface area contributed by atoms with Crippen LogP contribution in [-0.2, 0) is 11.8 Å². The standard InChI is InChI=1S/C17H18N4O2/c1-20-14(8-18-15(20)11-5-3-2-4-6-11)17(23)21-9-12-7-19-16(22)13(12)10-21/h2-6,8,12-13H,7,9-10H2,1H3,(H,19,22)/t12-,13+/m0/s1. The second kappa shape index (κ2) is 5.22. The molecule has 0 radical (unpaired) electrons. The van der Waals surface area contributed by atoms with Crippen molar-refractivity contribution in [3.63, 3.8) is 0 Å². The van der Waals surface area contributed by atoms with Crippen molar-refractivity contribution in [3.8, 4) is 11.4 Å². The van der Waals surface area contributed by atoms with E-state index in [0.29, 0.717) is 25.3 Å². The van der Waals surface area contributed by atoms with Gasteiger partial charge in [-0.25, -0.2) is 4.98 Å². The summed E-state index contributed by atoms with van der Waals surface area (Å²) in [5.41, 5.74) is 1.54. The number of amides is 2. The van der Waals surface area contributed by atoms with Gasteiger partial charge in [-0.1, -0.05) is 30.3 Å². The van der Waals surface area contributed by atoms with Crippen molar-refractivity contribution in [3.05, 3.63) is 42.2 Å². The summed E-state index contributed by atoms with van der Waals surface area (Å²) in [6, 6.07) is 9.80. The van der Waals surface area contributed by atoms with Crippen LogP contribution in [0.25, 0.3) is 11.4 Å². The van der Waals surface area contributed by atoms with Crippen LogP contribution in [0.4, 0.5) is 0 Å². The Morgan fingerprint density at radius 2 is 2.04 bits per heavy atom. The van der Waals surface area contributed by atoms with Crippen LogP contribution >= 0.6 is 0 Å². The lowest BCUT2D eigenvalue weighted by Crippen LogP contribution is -2.34. The molecule has 3 heterocycles. The molecule has 2 amide bonds. The predicted molar refractivity (Wildman–Crippen MR) is 84.5 cm³/mol. The Labute approximate surface area is 134 Å². The molecule has 6 heteroatoms. The molecule has 118 valence electrons. The number of carbonyl (C=O) groups is 2. The topological polar surface area (TPSA) is 67.2 Å². The summed E-state index contributed by atoms with van der Waals surface area (Å²) in [5.74, 6) is 0.977. The molecule has 0 aliphatic carbocycles. The molecule has 0 spiro atoms. The van der Waals surface area contributed by atoms with E-state index in [1.165, 1.54) is 0 Å². The van der Waals surface area contributed by atoms with Crippen molar-refractivity contribution in [2.75, 3.05) is 19.6 Å². The first-order valence-electron chi connectivity index (χ1n) is 7.79. The molecule has 0 saturated carbocycles. The number of nitrogens with zero attached hydrogens (tertiary/aromatic N) is 3. The molecule has 1 N–H and O–H groups in total. The fourth-order valence-electron chi connectivity index (χ4n) is 3.53. The summed E-state index contributed by atoms with van der Waals surface area (Å²) in [7, 11) is 1.85. The fraction of sp³-hybridized carbons (Fsp3) is 0.353. The summed E-state index contributed by atoms with van der Waals surface area (Å²) in [4.78, 5) is 30.7. The normalized spacial score (nSPS) is 23.0. The minimum Gasteiger partial charge on any atom is -0.355 e. The van der Waals surface area contributed by atoms with E-state index in [9.17, 15) is 9.59 Å². The highest BCUT2D eigenvalue weighted by Crippen LogP contribution is 2.29. The Morgan fingerprint density at radius 1 is 1.26 bits per heavy atom. The molecular formula is C17H18N4O2. The maximum Gasteiger partial charge on any atom is 0.272 e. The lowest BCUT2D eigenvalue weighted by molar-refractivity contribution is -0.122. The number of rotatable bonds is 2. The molecular weight excluding hydrogens is 292 g/mol. The van der Waals surface area contributed by atoms with E-state index in [2.05, 4.69) is 10.3 Å². The lowest BCUT2D eigenvalue weighted by atomic mass is 10.0. The van der Waals surface area contributed by atoms with Crippen molar-refractivity contribution >= 4 is 11.8 Å². The van der Waals surface area contributed by atoms with Gasteiger partial charge in [-0.3, -0.25) is 9.59 Å². The molecule has 2 atom stereocenters. The SMILES string of the molecule is Cn1c(C(=O)N2C[C@@H]3CNC(=O)[C@@H]3C2)cnc1-c1ccccc1. The molecule has 2 fully saturated rings. The van der Waals surface area contributed by atoms with Crippen molar-refractivity contribution in [1.29, 1.82) is 0 Å². The van der Waals surface area contributed by atoms with Gasteiger partial charge in [0.2, 0.25) is 5.91 Å². The van der Waals surface area contributed by atoms with Gasteiger partial charge in [0.25, 0.3) is 5.91 Å². The number of fused-ring (bicyclic) bond motifs is 1. The second-order valence-corrected chi connectivity index (χ2v) is 6.21. The zero-order valence-electron chi connectivity index (χ0n) is 12.9. The minimum absolute atomic E-state index is 0.0515. The third-order valence-corrected chi connectivity index (χ3v) is 4.84. The average Bonchev–Trinajstić information content (AvgIpc) is 3.24. The number of carbonyl (C=O) groups excluding carboxylic acids is 2. The molecule has 0 unspecified atom stereocenters. The van der Waals surface area contributed by atoms with Crippen LogP contribution in [0.1, 0.15) is 10.5 Å². The highest BCUT2D eigenvalue weighted by Gasteiger charge is 2.44. The van der Waals surface area contributed by atoms with E-state index < -0.39 is 0 Å². The van der Waals surface area contributed by atoms with Crippen LogP contribution in [0, 0.1) is 11.8 Å². The maximum atomic E-state index is 12.8. The van der Waals surface area contributed by atoms with E-state index in [0.717, 1.165) is 11.4 Å². The first-order valence-corrected chi connectivity index (χ1v) is 7.79. The Bertz CT molecular complexity index is 768. The third-order valence-electron chi connectivity index (χ3n) is 4.84. The van der Waals surface area contributed by atoms with Crippen LogP contribution < -0.4 is 5.32 Å². The van der Waals surface area contributed by atoms with Crippen molar-refractivity contribution in [2.24, 2.45) is 18.9 Å². The summed E-state index contributed by atoms with van der Waals surface area (Å²) < 4.78 is 1.83. The minimum atomic E-state index is -0.0548. The molecule has 2 saturated heterocycles. The number of hydrogen-bond acceptors (Lipinski definition) is 3. The summed E-state index contributed by atoms with van der Waals surface area (Å²) in [6.07, 6.45) is 1.62. The molecule has 6 nitrogen and oxygen atoms in total. The molecule has 4 rings (SSSR count). The van der Waals surface area contributed by atoms with E-state index in [1.807, 2.05) is 41.9 Å². The van der Waals surface area contributed by atoms with Gasteiger partial charge in [-0.2, -0.15) is 0 Å². The first kappa shape index (κ1) is 14.0. The largest absolute Gasteiger partial charge is 0.355 e. The lowest BCUT2D eigenvalue weighted by Gasteiger charge is -2.17. The van der Waals surface area contributed by atoms with Gasteiger partial charge in [0.1, 0.15) is 11.5 Å². The molecule has 0 bridgehead atoms. The highest BCUT2D eigenvalue weighted by molar-refractivity contribution is 5.94. The van der Waals surface area contributed by atoms with E-state index in [1.54, 1.807) is 11.1 Å². The maximum absolute atomic E-state index is 12.8. The molecule has 2 aliphatic rings. The molecule has 23 heavy (non-hydrogen) atoms. The van der Waals surface area contributed by atoms with E-state index in [4.69, 9.17) is 0 Å². The van der Waals surface area contributed by atoms with Gasteiger partial charge >= 0.3 is 0 Å². The molecule has 1 aromatic carbocycles. The number of nitrogens with one attached hydrogen (secondary N) is 1. The van der Waals surface area contributed by atoms with Gasteiger partial charge < -0.3 is 14.8 Å². The van der Waals surface area contributed by atoms with E-state index >= 15 is 0 Å². The van der Waals surface area contributed by atoms with Crippen LogP contribution in [0.3, 0.4) is 0 Å². The van der Waals surface area contributed by atoms with Gasteiger partial charge in [0, 0.05) is 38.2 Å². The van der Waals surface area contributed by atoms with Crippen LogP contribution in [-0.4, -0.2) is 45.9 Å². The fourth-order valence-corrected chi connectivity index (χ4v) is 3.53. The predicted octanol–water partition coefficient (Wildman–Crippen LogP) is 0.905. The zero-order valence-corrected chi connectivity index (χ0v) is 12.9. The van der Waals surface area contributed by atoms with Crippen LogP contribution in [0.2, 0.25) is 0 Å². The Balaban J connectivity index is 1.58. The second-order valence-electron chi connectivity index (χ2n) is 6.21. The molecule has 2 aliphatic heterocycles. The molecule has 2 aromatic rings. The number of benzene rings is 1. The highest BCUT2D eigenvalue weighted by atomic mass is 16.2. The number of aromatic nitrogens is 2. The zero-order chi connectivity index (χ0) is 16.0. The van der Waals surface area contributed by atoms with Crippen molar-refractivity contribution < 1.29 is 9.59 Å². The monoisotopic (exact) mass is 310 g/mol. The number of imidazole rings is 1. The number of likely N-dealkylation sites (tertiary alicyclic amines) is 1. The Kier molecular flexibility index (Phi) is 3.18. The van der Waals surface area contributed by atoms with E-state index in [-0.39, 0.29) is 23.7 Å². The average molecular weight is 310 g/mol. The van der Waals surface area contributed by atoms with Gasteiger partial charge in [-0.15, -0.1) is 0 Å². The summed E-state index contributed by atoms with van der Waals surface area (Å²) >= 11 is 0. The third kappa shape index (κ3) is 2.21. The molecule has 1 aromatic heterocycles. The van der Waals surface area contributed by atoms with Crippen LogP contribution in [0.15, 0.2) is 36.5 Å². The smallest absolute Gasteiger partial charge is 0.272 e. The Hall–Kier alpha value is -2.63. The summed E-state index contributed by atoms with van der Waals surface area (Å²) in [5, 5.41) is 2.86. The quantitative estimate of drug-likeness (QED) is 0.896. The van der Waals surface area contributed by atoms with Gasteiger partial charge in [0.05, 0.1) is 12.1 Å². The summed E-state index contributed by atoms with van der Waals surface area (Å²) in [6.45, 7) is 1.81. The van der Waals surface area contributed by atoms with Crippen LogP contribution in [0.5, 0.6) is 0 Å². The number of hydrogen-bond donors (Lipinski definition) is 1. The Morgan fingerprint density at radius 3 is 2.78 bits per heavy atom. The van der Waals surface area contributed by atoms with Crippen molar-refractivity contribution in [2.45, 2.75) is 0 Å². The van der Waals surface area contributed by atoms with Crippen molar-refractivity contribution in [1.82, 2.24) is 19.8 Å². The van der Waals surface area contributed by atoms with Gasteiger partial charge in [-0.05, 0) is 0 Å². The van der Waals surface area contributed by atoms with Gasteiger partial charge in [0.15, 0.2) is 0 Å². The first-order chi connectivity index (χ1) is 11.1.